The lowest BCUT2D eigenvalue weighted by Crippen LogP contribution is -2.34. The largest absolute Gasteiger partial charge is 0.502 e. The summed E-state index contributed by atoms with van der Waals surface area (Å²) in [4.78, 5) is 32.9. The molecule has 2 heterocycles. The Labute approximate surface area is 224 Å². The summed E-state index contributed by atoms with van der Waals surface area (Å²) in [7, 11) is 0. The van der Waals surface area contributed by atoms with Crippen molar-refractivity contribution in [1.29, 1.82) is 5.26 Å². The van der Waals surface area contributed by atoms with Gasteiger partial charge < -0.3 is 15.4 Å². The van der Waals surface area contributed by atoms with E-state index in [0.717, 1.165) is 49.1 Å². The van der Waals surface area contributed by atoms with Crippen LogP contribution in [0.3, 0.4) is 0 Å². The average Bonchev–Trinajstić information content (AvgIpc) is 3.40. The first-order chi connectivity index (χ1) is 18.8. The second-order valence-corrected chi connectivity index (χ2v) is 9.35. The van der Waals surface area contributed by atoms with Crippen LogP contribution in [0.2, 0.25) is 0 Å². The van der Waals surface area contributed by atoms with Gasteiger partial charge in [-0.3, -0.25) is 14.5 Å². The van der Waals surface area contributed by atoms with Gasteiger partial charge in [0.25, 0.3) is 12.0 Å². The van der Waals surface area contributed by atoms with Crippen molar-refractivity contribution in [2.24, 2.45) is 5.92 Å². The Bertz CT molecular complexity index is 1450. The Kier molecular flexibility index (Phi) is 9.03. The van der Waals surface area contributed by atoms with Gasteiger partial charge in [0, 0.05) is 24.2 Å². The minimum atomic E-state index is -2.74. The van der Waals surface area contributed by atoms with E-state index in [1.54, 1.807) is 24.3 Å². The number of alkyl halides is 2. The van der Waals surface area contributed by atoms with Gasteiger partial charge in [0.1, 0.15) is 5.69 Å². The number of hydrogen-bond acceptors (Lipinski definition) is 6. The minimum Gasteiger partial charge on any atom is -0.502 e. The molecule has 1 unspecified atom stereocenters. The second kappa shape index (κ2) is 12.8. The first kappa shape index (κ1) is 27.5. The number of amides is 1. The molecule has 0 aliphatic carbocycles. The van der Waals surface area contributed by atoms with Gasteiger partial charge in [0.2, 0.25) is 11.7 Å². The van der Waals surface area contributed by atoms with Crippen molar-refractivity contribution in [1.82, 2.24) is 20.2 Å². The first-order valence-electron chi connectivity index (χ1n) is 12.5. The monoisotopic (exact) mass is 531 g/mol. The average molecular weight is 532 g/mol. The molecule has 0 radical (unpaired) electrons. The van der Waals surface area contributed by atoms with E-state index in [0.29, 0.717) is 5.56 Å². The number of aromatic hydroxyl groups is 1. The van der Waals surface area contributed by atoms with Gasteiger partial charge >= 0.3 is 0 Å². The normalized spacial score (nSPS) is 15.8. The van der Waals surface area contributed by atoms with Crippen LogP contribution in [0.15, 0.2) is 59.7 Å². The van der Waals surface area contributed by atoms with Crippen molar-refractivity contribution in [3.63, 3.8) is 0 Å². The third-order valence-electron chi connectivity index (χ3n) is 6.49. The molecule has 0 saturated carbocycles. The fourth-order valence-electron chi connectivity index (χ4n) is 4.41. The summed E-state index contributed by atoms with van der Waals surface area (Å²) in [5, 5.41) is 21.3. The molecule has 0 spiro atoms. The van der Waals surface area contributed by atoms with E-state index in [9.17, 15) is 23.5 Å². The maximum absolute atomic E-state index is 12.6. The summed E-state index contributed by atoms with van der Waals surface area (Å²) in [6, 6.07) is 17.3. The van der Waals surface area contributed by atoms with Gasteiger partial charge in [-0.25, -0.2) is 13.8 Å². The van der Waals surface area contributed by atoms with E-state index >= 15 is 0 Å². The van der Waals surface area contributed by atoms with Gasteiger partial charge in [-0.05, 0) is 54.8 Å². The Morgan fingerprint density at radius 1 is 1.13 bits per heavy atom. The number of aromatic amines is 1. The van der Waals surface area contributed by atoms with E-state index in [1.165, 1.54) is 0 Å². The lowest BCUT2D eigenvalue weighted by atomic mass is 9.94. The number of nitriles is 1. The molecule has 1 fully saturated rings. The Balaban J connectivity index is 1.42. The number of rotatable bonds is 8. The molecular formula is C29H27F2N5O3. The fourth-order valence-corrected chi connectivity index (χ4v) is 4.41. The zero-order chi connectivity index (χ0) is 27.8. The number of nitrogens with one attached hydrogen (secondary N) is 2. The Morgan fingerprint density at radius 3 is 2.36 bits per heavy atom. The molecule has 1 aromatic heterocycles. The number of aromatic nitrogens is 2. The van der Waals surface area contributed by atoms with Crippen molar-refractivity contribution >= 4 is 5.91 Å². The maximum Gasteiger partial charge on any atom is 0.293 e. The number of hydrogen-bond donors (Lipinski definition) is 3. The third kappa shape index (κ3) is 7.50. The molecule has 4 rings (SSSR count). The van der Waals surface area contributed by atoms with Crippen LogP contribution < -0.4 is 10.9 Å². The summed E-state index contributed by atoms with van der Waals surface area (Å²) >= 11 is 0. The number of halogens is 2. The molecule has 39 heavy (non-hydrogen) atoms. The van der Waals surface area contributed by atoms with E-state index < -0.39 is 36.1 Å². The van der Waals surface area contributed by atoms with E-state index in [-0.39, 0.29) is 18.0 Å². The molecule has 1 aliphatic rings. The quantitative estimate of drug-likeness (QED) is 0.384. The van der Waals surface area contributed by atoms with Gasteiger partial charge in [-0.2, -0.15) is 5.26 Å². The van der Waals surface area contributed by atoms with Crippen LogP contribution >= 0.6 is 0 Å². The highest BCUT2D eigenvalue weighted by atomic mass is 19.3. The molecule has 2 aromatic carbocycles. The highest BCUT2D eigenvalue weighted by molar-refractivity contribution is 5.84. The number of H-pyrrole nitrogens is 1. The minimum absolute atomic E-state index is 0.0282. The first-order valence-corrected chi connectivity index (χ1v) is 12.5. The summed E-state index contributed by atoms with van der Waals surface area (Å²) in [5.74, 6) is 3.68. The highest BCUT2D eigenvalue weighted by Gasteiger charge is 2.27. The second-order valence-electron chi connectivity index (χ2n) is 9.35. The van der Waals surface area contributed by atoms with Crippen LogP contribution in [0.25, 0.3) is 0 Å². The van der Waals surface area contributed by atoms with Crippen LogP contribution in [-0.4, -0.2) is 51.9 Å². The Hall–Kier alpha value is -4.54. The molecule has 1 amide bonds. The molecule has 2 atom stereocenters. The number of nitrogens with zero attached hydrogens (tertiary/aromatic N) is 3. The molecule has 0 bridgehead atoms. The van der Waals surface area contributed by atoms with E-state index in [1.807, 2.05) is 24.3 Å². The highest BCUT2D eigenvalue weighted by Crippen LogP contribution is 2.25. The smallest absolute Gasteiger partial charge is 0.293 e. The van der Waals surface area contributed by atoms with Crippen molar-refractivity contribution in [3.05, 3.63) is 93.2 Å². The summed E-state index contributed by atoms with van der Waals surface area (Å²) in [6.07, 6.45) is -0.754. The molecule has 200 valence electrons. The van der Waals surface area contributed by atoms with Gasteiger partial charge in [-0.15, -0.1) is 0 Å². The summed E-state index contributed by atoms with van der Waals surface area (Å²) < 4.78 is 25.3. The molecule has 10 heteroatoms. The number of benzene rings is 2. The summed E-state index contributed by atoms with van der Waals surface area (Å²) in [5.41, 5.74) is 2.41. The lowest BCUT2D eigenvalue weighted by molar-refractivity contribution is -0.123. The van der Waals surface area contributed by atoms with Crippen molar-refractivity contribution < 1.29 is 18.7 Å². The zero-order valence-corrected chi connectivity index (χ0v) is 21.0. The van der Waals surface area contributed by atoms with Crippen LogP contribution in [-0.2, 0) is 17.8 Å². The van der Waals surface area contributed by atoms with E-state index in [4.69, 9.17) is 5.26 Å². The predicted molar refractivity (Wildman–Crippen MR) is 140 cm³/mol. The zero-order valence-electron chi connectivity index (χ0n) is 21.0. The topological polar surface area (TPSA) is 122 Å². The van der Waals surface area contributed by atoms with Gasteiger partial charge in [0.15, 0.2) is 0 Å². The van der Waals surface area contributed by atoms with Crippen molar-refractivity contribution in [2.75, 3.05) is 19.6 Å². The number of carbonyl (C=O) groups is 1. The molecule has 1 saturated heterocycles. The number of likely N-dealkylation sites (tertiary alicyclic amines) is 1. The van der Waals surface area contributed by atoms with Crippen molar-refractivity contribution in [2.45, 2.75) is 31.7 Å². The van der Waals surface area contributed by atoms with Gasteiger partial charge in [0.05, 0.1) is 30.8 Å². The molecule has 3 aromatic rings. The lowest BCUT2D eigenvalue weighted by Gasteiger charge is -2.17. The molecule has 3 N–H and O–H groups in total. The Morgan fingerprint density at radius 2 is 1.77 bits per heavy atom. The molecular weight excluding hydrogens is 504 g/mol. The molecule has 1 aliphatic heterocycles. The van der Waals surface area contributed by atoms with Crippen molar-refractivity contribution in [3.8, 4) is 23.7 Å². The summed E-state index contributed by atoms with van der Waals surface area (Å²) in [6.45, 7) is 1.68. The van der Waals surface area contributed by atoms with Crippen LogP contribution in [0, 0.1) is 29.1 Å². The SMILES string of the molecule is N#C[C@H]1CCN(Cc2ccc(C#Cc3ccc(CC(C(=O)NCC(F)F)c4nc[nH]c(=O)c4O)cc3)cc2)C1. The fraction of sp³-hybridized carbons (Fsp3) is 0.310. The van der Waals surface area contributed by atoms with Gasteiger partial charge in [-0.1, -0.05) is 36.1 Å². The third-order valence-corrected chi connectivity index (χ3v) is 6.49. The maximum atomic E-state index is 12.6. The van der Waals surface area contributed by atoms with Crippen LogP contribution in [0.1, 0.15) is 40.3 Å². The van der Waals surface area contributed by atoms with E-state index in [2.05, 4.69) is 38.1 Å². The molecule has 8 nitrogen and oxygen atoms in total. The van der Waals surface area contributed by atoms with Crippen LogP contribution in [0.5, 0.6) is 5.75 Å². The number of carbonyl (C=O) groups excluding carboxylic acids is 1. The predicted octanol–water partition coefficient (Wildman–Crippen LogP) is 2.93. The standard InChI is InChI=1S/C29H27F2N5O3/c30-25(31)15-33-28(38)24(26-27(37)29(39)35-18-34-26)13-21-7-3-19(4-8-21)1-2-20-5-9-22(10-6-20)16-36-12-11-23(14-32)17-36/h3-10,18,23-25,37H,11-13,15-17H2,(H,33,38)(H,34,35,39)/t23-,24?/m1/s1. The van der Waals surface area contributed by atoms with Crippen LogP contribution in [0.4, 0.5) is 8.78 Å².